The first-order valence-corrected chi connectivity index (χ1v) is 11.3. The second-order valence-corrected chi connectivity index (χ2v) is 8.81. The number of hydrogen-bond acceptors (Lipinski definition) is 3. The van der Waals surface area contributed by atoms with Crippen molar-refractivity contribution in [1.29, 1.82) is 0 Å². The van der Waals surface area contributed by atoms with Gasteiger partial charge in [-0.2, -0.15) is 10.2 Å². The summed E-state index contributed by atoms with van der Waals surface area (Å²) in [7, 11) is 0. The van der Waals surface area contributed by atoms with E-state index in [1.165, 1.54) is 12.1 Å². The van der Waals surface area contributed by atoms with Crippen LogP contribution in [-0.4, -0.2) is 24.7 Å². The van der Waals surface area contributed by atoms with Crippen molar-refractivity contribution in [2.24, 2.45) is 0 Å². The van der Waals surface area contributed by atoms with Crippen molar-refractivity contribution in [2.75, 3.05) is 10.6 Å². The maximum Gasteiger partial charge on any atom is 0.175 e. The summed E-state index contributed by atoms with van der Waals surface area (Å²) >= 11 is 17.6. The number of thiocarbonyl (C=S) groups is 1. The molecule has 0 bridgehead atoms. The molecule has 0 unspecified atom stereocenters. The van der Waals surface area contributed by atoms with Gasteiger partial charge < -0.3 is 10.6 Å². The Balaban J connectivity index is 1.40. The Labute approximate surface area is 206 Å². The highest BCUT2D eigenvalue weighted by Crippen LogP contribution is 2.25. The Morgan fingerprint density at radius 3 is 2.58 bits per heavy atom. The normalized spacial score (nSPS) is 10.9. The maximum absolute atomic E-state index is 13.4. The lowest BCUT2D eigenvalue weighted by Gasteiger charge is -2.10. The average molecular weight is 503 g/mol. The average Bonchev–Trinajstić information content (AvgIpc) is 3.30. The van der Waals surface area contributed by atoms with Gasteiger partial charge in [-0.3, -0.25) is 9.36 Å². The van der Waals surface area contributed by atoms with Crippen LogP contribution in [0.3, 0.4) is 0 Å². The highest BCUT2D eigenvalue weighted by molar-refractivity contribution is 7.80. The van der Waals surface area contributed by atoms with Crippen molar-refractivity contribution >= 4 is 51.9 Å². The van der Waals surface area contributed by atoms with Gasteiger partial charge in [-0.05, 0) is 61.5 Å². The third-order valence-electron chi connectivity index (χ3n) is 5.06. The molecule has 4 aromatic rings. The van der Waals surface area contributed by atoms with Crippen LogP contribution in [0.25, 0.3) is 0 Å². The molecule has 0 spiro atoms. The molecule has 33 heavy (non-hydrogen) atoms. The van der Waals surface area contributed by atoms with Crippen LogP contribution < -0.4 is 10.6 Å². The van der Waals surface area contributed by atoms with Crippen LogP contribution in [0.4, 0.5) is 15.8 Å². The summed E-state index contributed by atoms with van der Waals surface area (Å²) in [6, 6.07) is 12.0. The lowest BCUT2D eigenvalue weighted by atomic mass is 10.2. The molecule has 10 heteroatoms. The minimum Gasteiger partial charge on any atom is -0.330 e. The zero-order chi connectivity index (χ0) is 23.5. The zero-order valence-corrected chi connectivity index (χ0v) is 20.3. The second kappa shape index (κ2) is 9.91. The molecule has 2 aromatic heterocycles. The number of halogens is 3. The van der Waals surface area contributed by atoms with Crippen molar-refractivity contribution in [2.45, 2.75) is 26.9 Å². The van der Waals surface area contributed by atoms with Gasteiger partial charge in [-0.25, -0.2) is 4.39 Å². The summed E-state index contributed by atoms with van der Waals surface area (Å²) in [4.78, 5) is 0. The van der Waals surface area contributed by atoms with Gasteiger partial charge in [-0.15, -0.1) is 0 Å². The molecular weight excluding hydrogens is 482 g/mol. The van der Waals surface area contributed by atoms with Crippen LogP contribution in [0.15, 0.2) is 54.9 Å². The lowest BCUT2D eigenvalue weighted by molar-refractivity contribution is 0.619. The molecule has 0 amide bonds. The lowest BCUT2D eigenvalue weighted by Crippen LogP contribution is -2.19. The summed E-state index contributed by atoms with van der Waals surface area (Å²) in [6.45, 7) is 4.90. The first kappa shape index (κ1) is 23.2. The summed E-state index contributed by atoms with van der Waals surface area (Å²) in [6.07, 6.45) is 3.48. The van der Waals surface area contributed by atoms with E-state index in [2.05, 4.69) is 20.8 Å². The molecule has 6 nitrogen and oxygen atoms in total. The van der Waals surface area contributed by atoms with E-state index in [9.17, 15) is 4.39 Å². The summed E-state index contributed by atoms with van der Waals surface area (Å²) in [5.74, 6) is -0.270. The Hall–Kier alpha value is -2.94. The van der Waals surface area contributed by atoms with E-state index < -0.39 is 0 Å². The molecule has 0 saturated carbocycles. The van der Waals surface area contributed by atoms with Crippen LogP contribution in [0.5, 0.6) is 0 Å². The third-order valence-corrected chi connectivity index (χ3v) is 6.00. The summed E-state index contributed by atoms with van der Waals surface area (Å²) in [5.41, 5.74) is 5.13. The Morgan fingerprint density at radius 1 is 1.03 bits per heavy atom. The third kappa shape index (κ3) is 5.71. The minimum atomic E-state index is -0.270. The molecule has 0 aliphatic carbocycles. The highest BCUT2D eigenvalue weighted by atomic mass is 35.5. The highest BCUT2D eigenvalue weighted by Gasteiger charge is 2.14. The number of aromatic nitrogens is 4. The van der Waals surface area contributed by atoms with E-state index in [-0.39, 0.29) is 5.82 Å². The molecule has 0 radical (unpaired) electrons. The molecular formula is C23H21Cl2FN6S. The van der Waals surface area contributed by atoms with Gasteiger partial charge in [0.05, 0.1) is 52.1 Å². The van der Waals surface area contributed by atoms with E-state index in [1.807, 2.05) is 42.9 Å². The summed E-state index contributed by atoms with van der Waals surface area (Å²) in [5, 5.41) is 16.7. The number of rotatable bonds is 6. The summed E-state index contributed by atoms with van der Waals surface area (Å²) < 4.78 is 17.0. The van der Waals surface area contributed by atoms with Crippen LogP contribution in [-0.2, 0) is 13.1 Å². The first-order chi connectivity index (χ1) is 15.8. The fourth-order valence-corrected chi connectivity index (χ4v) is 4.00. The van der Waals surface area contributed by atoms with Crippen molar-refractivity contribution in [1.82, 2.24) is 19.6 Å². The fraction of sp³-hybridized carbons (Fsp3) is 0.174. The molecule has 0 fully saturated rings. The minimum absolute atomic E-state index is 0.270. The van der Waals surface area contributed by atoms with Crippen LogP contribution >= 0.6 is 35.4 Å². The Kier molecular flexibility index (Phi) is 6.97. The van der Waals surface area contributed by atoms with Gasteiger partial charge in [0.1, 0.15) is 5.82 Å². The predicted molar refractivity (Wildman–Crippen MR) is 135 cm³/mol. The van der Waals surface area contributed by atoms with Crippen LogP contribution in [0.1, 0.15) is 22.5 Å². The smallest absolute Gasteiger partial charge is 0.175 e. The number of anilines is 2. The number of nitrogens with zero attached hydrogens (tertiary/aromatic N) is 4. The van der Waals surface area contributed by atoms with E-state index in [1.54, 1.807) is 23.0 Å². The first-order valence-electron chi connectivity index (χ1n) is 10.1. The monoisotopic (exact) mass is 502 g/mol. The van der Waals surface area contributed by atoms with Crippen LogP contribution in [0, 0.1) is 19.7 Å². The van der Waals surface area contributed by atoms with E-state index >= 15 is 0 Å². The van der Waals surface area contributed by atoms with Gasteiger partial charge in [0.25, 0.3) is 0 Å². The molecule has 0 aliphatic heterocycles. The second-order valence-electron chi connectivity index (χ2n) is 7.59. The largest absolute Gasteiger partial charge is 0.330 e. The van der Waals surface area contributed by atoms with Crippen LogP contribution in [0.2, 0.25) is 10.0 Å². The molecule has 2 heterocycles. The van der Waals surface area contributed by atoms with Gasteiger partial charge >= 0.3 is 0 Å². The van der Waals surface area contributed by atoms with Gasteiger partial charge in [0.15, 0.2) is 5.11 Å². The molecule has 0 aliphatic rings. The molecule has 0 saturated heterocycles. The molecule has 2 N–H and O–H groups in total. The fourth-order valence-electron chi connectivity index (χ4n) is 3.46. The number of benzene rings is 2. The standard InChI is InChI=1S/C23H21Cl2FN6S/c1-14-22(15(2)32(30-14)12-17-6-7-20(24)21(25)9-17)29-23(33)28-19-10-27-31(13-19)11-16-4-3-5-18(26)8-16/h3-10,13H,11-12H2,1-2H3,(H2,28,29,33). The van der Waals surface area contributed by atoms with Crippen molar-refractivity contribution < 1.29 is 4.39 Å². The van der Waals surface area contributed by atoms with E-state index in [4.69, 9.17) is 35.4 Å². The molecule has 170 valence electrons. The number of nitrogens with one attached hydrogen (secondary N) is 2. The Morgan fingerprint density at radius 2 is 1.82 bits per heavy atom. The number of aryl methyl sites for hydroxylation is 1. The number of hydrogen-bond donors (Lipinski definition) is 2. The molecule has 2 aromatic carbocycles. The topological polar surface area (TPSA) is 59.7 Å². The quantitative estimate of drug-likeness (QED) is 0.314. The Bertz CT molecular complexity index is 1320. The van der Waals surface area contributed by atoms with Gasteiger partial charge in [-0.1, -0.05) is 41.4 Å². The van der Waals surface area contributed by atoms with Crippen molar-refractivity contribution in [3.8, 4) is 0 Å². The van der Waals surface area contributed by atoms with Gasteiger partial charge in [0, 0.05) is 6.20 Å². The van der Waals surface area contributed by atoms with E-state index in [0.29, 0.717) is 28.2 Å². The molecule has 4 rings (SSSR count). The van der Waals surface area contributed by atoms with E-state index in [0.717, 1.165) is 33.9 Å². The molecule has 0 atom stereocenters. The van der Waals surface area contributed by atoms with Gasteiger partial charge in [0.2, 0.25) is 0 Å². The predicted octanol–water partition coefficient (Wildman–Crippen LogP) is 6.05. The maximum atomic E-state index is 13.4. The zero-order valence-electron chi connectivity index (χ0n) is 17.9. The van der Waals surface area contributed by atoms with Crippen molar-refractivity contribution in [3.63, 3.8) is 0 Å². The van der Waals surface area contributed by atoms with Crippen molar-refractivity contribution in [3.05, 3.63) is 93.2 Å². The SMILES string of the molecule is Cc1nn(Cc2ccc(Cl)c(Cl)c2)c(C)c1NC(=S)Nc1cnn(Cc2cccc(F)c2)c1.